The topological polar surface area (TPSA) is 64.4 Å². The van der Waals surface area contributed by atoms with Gasteiger partial charge in [-0.05, 0) is 45.8 Å². The van der Waals surface area contributed by atoms with Crippen LogP contribution in [-0.2, 0) is 6.54 Å². The first-order chi connectivity index (χ1) is 9.99. The summed E-state index contributed by atoms with van der Waals surface area (Å²) in [6, 6.07) is 10.1. The number of methoxy groups -OCH3 is 1. The van der Waals surface area contributed by atoms with E-state index in [4.69, 9.17) is 16.3 Å². The molecular formula is C14H12BrClN2O3. The predicted octanol–water partition coefficient (Wildman–Crippen LogP) is 4.63. The summed E-state index contributed by atoms with van der Waals surface area (Å²) in [5.41, 5.74) is 1.58. The minimum Gasteiger partial charge on any atom is -0.496 e. The summed E-state index contributed by atoms with van der Waals surface area (Å²) in [6.07, 6.45) is 0. The van der Waals surface area contributed by atoms with Gasteiger partial charge in [-0.25, -0.2) is 0 Å². The second-order valence-corrected chi connectivity index (χ2v) is 5.54. The molecule has 0 bridgehead atoms. The molecule has 0 radical (unpaired) electrons. The highest BCUT2D eigenvalue weighted by atomic mass is 79.9. The summed E-state index contributed by atoms with van der Waals surface area (Å²) < 4.78 is 5.88. The Labute approximate surface area is 135 Å². The van der Waals surface area contributed by atoms with Crippen molar-refractivity contribution in [2.45, 2.75) is 6.54 Å². The molecule has 1 N–H and O–H groups in total. The zero-order valence-corrected chi connectivity index (χ0v) is 13.4. The van der Waals surface area contributed by atoms with Gasteiger partial charge in [-0.15, -0.1) is 0 Å². The molecule has 7 heteroatoms. The van der Waals surface area contributed by atoms with Gasteiger partial charge in [0.15, 0.2) is 0 Å². The van der Waals surface area contributed by atoms with Crippen LogP contribution in [0.4, 0.5) is 11.4 Å². The quantitative estimate of drug-likeness (QED) is 0.614. The van der Waals surface area contributed by atoms with Crippen LogP contribution >= 0.6 is 27.5 Å². The average molecular weight is 372 g/mol. The fourth-order valence-electron chi connectivity index (χ4n) is 1.78. The Bertz CT molecular complexity index is 679. The zero-order valence-electron chi connectivity index (χ0n) is 11.1. The van der Waals surface area contributed by atoms with E-state index < -0.39 is 4.92 Å². The van der Waals surface area contributed by atoms with Crippen LogP contribution in [0.15, 0.2) is 40.9 Å². The van der Waals surface area contributed by atoms with E-state index in [0.29, 0.717) is 17.3 Å². The molecule has 0 saturated carbocycles. The van der Waals surface area contributed by atoms with Gasteiger partial charge in [0, 0.05) is 22.8 Å². The molecule has 0 heterocycles. The van der Waals surface area contributed by atoms with Crippen molar-refractivity contribution in [1.82, 2.24) is 0 Å². The first-order valence-corrected chi connectivity index (χ1v) is 7.18. The minimum atomic E-state index is -0.442. The van der Waals surface area contributed by atoms with Crippen molar-refractivity contribution >= 4 is 38.9 Å². The van der Waals surface area contributed by atoms with E-state index >= 15 is 0 Å². The molecule has 0 amide bonds. The largest absolute Gasteiger partial charge is 0.496 e. The van der Waals surface area contributed by atoms with Crippen LogP contribution < -0.4 is 10.1 Å². The lowest BCUT2D eigenvalue weighted by Crippen LogP contribution is -2.01. The number of rotatable bonds is 5. The molecule has 0 aliphatic heterocycles. The SMILES string of the molecule is COc1cc(CNc2ccc(Br)c(Cl)c2)cc([N+](=O)[O-])c1. The maximum Gasteiger partial charge on any atom is 0.273 e. The molecule has 0 atom stereocenters. The number of nitro benzene ring substituents is 1. The Hall–Kier alpha value is -1.79. The average Bonchev–Trinajstić information content (AvgIpc) is 2.48. The van der Waals surface area contributed by atoms with Crippen LogP contribution in [-0.4, -0.2) is 12.0 Å². The smallest absolute Gasteiger partial charge is 0.273 e. The van der Waals surface area contributed by atoms with Gasteiger partial charge in [0.1, 0.15) is 5.75 Å². The molecule has 2 aromatic carbocycles. The molecule has 0 unspecified atom stereocenters. The zero-order chi connectivity index (χ0) is 15.4. The van der Waals surface area contributed by atoms with Gasteiger partial charge in [-0.3, -0.25) is 10.1 Å². The van der Waals surface area contributed by atoms with Crippen molar-refractivity contribution in [1.29, 1.82) is 0 Å². The fourth-order valence-corrected chi connectivity index (χ4v) is 2.21. The maximum absolute atomic E-state index is 10.9. The number of hydrogen-bond donors (Lipinski definition) is 1. The monoisotopic (exact) mass is 370 g/mol. The van der Waals surface area contributed by atoms with Crippen molar-refractivity contribution in [2.75, 3.05) is 12.4 Å². The molecule has 5 nitrogen and oxygen atoms in total. The van der Waals surface area contributed by atoms with Crippen LogP contribution in [0.1, 0.15) is 5.56 Å². The summed E-state index contributed by atoms with van der Waals surface area (Å²) in [5.74, 6) is 0.454. The first kappa shape index (κ1) is 15.6. The Morgan fingerprint density at radius 1 is 1.33 bits per heavy atom. The van der Waals surface area contributed by atoms with Gasteiger partial charge in [0.05, 0.1) is 23.1 Å². The number of ether oxygens (including phenoxy) is 1. The number of nitrogens with zero attached hydrogens (tertiary/aromatic N) is 1. The molecule has 0 fully saturated rings. The molecule has 2 rings (SSSR count). The predicted molar refractivity (Wildman–Crippen MR) is 86.1 cm³/mol. The van der Waals surface area contributed by atoms with E-state index in [9.17, 15) is 10.1 Å². The van der Waals surface area contributed by atoms with Gasteiger partial charge >= 0.3 is 0 Å². The van der Waals surface area contributed by atoms with Crippen molar-refractivity contribution in [3.05, 3.63) is 61.6 Å². The molecule has 0 spiro atoms. The number of non-ortho nitro benzene ring substituents is 1. The van der Waals surface area contributed by atoms with Gasteiger partial charge in [0.2, 0.25) is 0 Å². The molecule has 0 aromatic heterocycles. The van der Waals surface area contributed by atoms with E-state index in [1.54, 1.807) is 12.1 Å². The number of hydrogen-bond acceptors (Lipinski definition) is 4. The lowest BCUT2D eigenvalue weighted by atomic mass is 10.2. The van der Waals surface area contributed by atoms with Crippen molar-refractivity contribution in [3.8, 4) is 5.75 Å². The van der Waals surface area contributed by atoms with Crippen molar-refractivity contribution in [2.24, 2.45) is 0 Å². The van der Waals surface area contributed by atoms with Gasteiger partial charge < -0.3 is 10.1 Å². The van der Waals surface area contributed by atoms with Crippen molar-refractivity contribution < 1.29 is 9.66 Å². The third-order valence-corrected chi connectivity index (χ3v) is 4.05. The molecule has 2 aromatic rings. The number of benzene rings is 2. The first-order valence-electron chi connectivity index (χ1n) is 6.01. The number of halogens is 2. The Morgan fingerprint density at radius 2 is 2.10 bits per heavy atom. The fraction of sp³-hybridized carbons (Fsp3) is 0.143. The summed E-state index contributed by atoms with van der Waals surface area (Å²) in [4.78, 5) is 10.4. The Balaban J connectivity index is 2.17. The summed E-state index contributed by atoms with van der Waals surface area (Å²) in [6.45, 7) is 0.427. The van der Waals surface area contributed by atoms with E-state index in [2.05, 4.69) is 21.2 Å². The molecular weight excluding hydrogens is 360 g/mol. The van der Waals surface area contributed by atoms with E-state index in [-0.39, 0.29) is 5.69 Å². The molecule has 21 heavy (non-hydrogen) atoms. The second-order valence-electron chi connectivity index (χ2n) is 4.28. The van der Waals surface area contributed by atoms with Crippen LogP contribution in [0, 0.1) is 10.1 Å². The summed E-state index contributed by atoms with van der Waals surface area (Å²) >= 11 is 9.33. The molecule has 0 aliphatic carbocycles. The van der Waals surface area contributed by atoms with Gasteiger partial charge in [-0.2, -0.15) is 0 Å². The normalized spacial score (nSPS) is 10.2. The van der Waals surface area contributed by atoms with Crippen LogP contribution in [0.5, 0.6) is 5.75 Å². The number of anilines is 1. The third-order valence-electron chi connectivity index (χ3n) is 2.81. The molecule has 0 aliphatic rings. The number of nitrogens with one attached hydrogen (secondary N) is 1. The van der Waals surface area contributed by atoms with E-state index in [1.807, 2.05) is 12.1 Å². The molecule has 110 valence electrons. The lowest BCUT2D eigenvalue weighted by Gasteiger charge is -2.09. The molecule has 0 saturated heterocycles. The van der Waals surface area contributed by atoms with Gasteiger partial charge in [-0.1, -0.05) is 11.6 Å². The highest BCUT2D eigenvalue weighted by Crippen LogP contribution is 2.27. The Morgan fingerprint density at radius 3 is 2.71 bits per heavy atom. The highest BCUT2D eigenvalue weighted by Gasteiger charge is 2.10. The van der Waals surface area contributed by atoms with E-state index in [1.165, 1.54) is 19.2 Å². The second kappa shape index (κ2) is 6.78. The van der Waals surface area contributed by atoms with E-state index in [0.717, 1.165) is 15.7 Å². The summed E-state index contributed by atoms with van der Waals surface area (Å²) in [7, 11) is 1.48. The van der Waals surface area contributed by atoms with Crippen LogP contribution in [0.2, 0.25) is 5.02 Å². The maximum atomic E-state index is 10.9. The Kier molecular flexibility index (Phi) is 5.03. The van der Waals surface area contributed by atoms with Crippen molar-refractivity contribution in [3.63, 3.8) is 0 Å². The number of nitro groups is 1. The van der Waals surface area contributed by atoms with Crippen LogP contribution in [0.25, 0.3) is 0 Å². The minimum absolute atomic E-state index is 0.0000106. The summed E-state index contributed by atoms with van der Waals surface area (Å²) in [5, 5.41) is 14.6. The lowest BCUT2D eigenvalue weighted by molar-refractivity contribution is -0.385. The van der Waals surface area contributed by atoms with Gasteiger partial charge in [0.25, 0.3) is 5.69 Å². The van der Waals surface area contributed by atoms with Crippen LogP contribution in [0.3, 0.4) is 0 Å². The standard InChI is InChI=1S/C14H12BrClN2O3/c1-21-12-5-9(4-11(7-12)18(19)20)8-17-10-2-3-13(15)14(16)6-10/h2-7,17H,8H2,1H3. The third kappa shape index (κ3) is 4.09. The highest BCUT2D eigenvalue weighted by molar-refractivity contribution is 9.10.